The lowest BCUT2D eigenvalue weighted by Crippen LogP contribution is -2.35. The van der Waals surface area contributed by atoms with E-state index >= 15 is 0 Å². The van der Waals surface area contributed by atoms with Crippen molar-refractivity contribution in [1.82, 2.24) is 15.5 Å². The summed E-state index contributed by atoms with van der Waals surface area (Å²) in [7, 11) is 0. The Bertz CT molecular complexity index is 648. The maximum Gasteiger partial charge on any atom is 0.318 e. The quantitative estimate of drug-likeness (QED) is 0.626. The second-order valence-electron chi connectivity index (χ2n) is 4.55. The molecule has 3 amide bonds. The van der Waals surface area contributed by atoms with Crippen LogP contribution in [0.4, 0.5) is 9.93 Å². The number of nitrogens with two attached hydrogens (primary N) is 1. The Balaban J connectivity index is 1.67. The maximum absolute atomic E-state index is 11.3. The number of rotatable bonds is 8. The second-order valence-corrected chi connectivity index (χ2v) is 6.87. The van der Waals surface area contributed by atoms with Crippen molar-refractivity contribution in [3.05, 3.63) is 35.9 Å². The van der Waals surface area contributed by atoms with Gasteiger partial charge in [-0.25, -0.2) is 4.79 Å². The third kappa shape index (κ3) is 6.66. The van der Waals surface area contributed by atoms with Crippen LogP contribution in [0.25, 0.3) is 0 Å². The van der Waals surface area contributed by atoms with Gasteiger partial charge >= 0.3 is 6.03 Å². The number of carbonyl (C=O) groups is 2. The third-order valence-corrected chi connectivity index (χ3v) is 4.77. The van der Waals surface area contributed by atoms with E-state index in [-0.39, 0.29) is 6.42 Å². The van der Waals surface area contributed by atoms with Crippen LogP contribution in [0.15, 0.2) is 34.7 Å². The summed E-state index contributed by atoms with van der Waals surface area (Å²) in [5.41, 5.74) is 6.13. The van der Waals surface area contributed by atoms with E-state index in [4.69, 9.17) is 5.73 Å². The van der Waals surface area contributed by atoms with E-state index in [1.807, 2.05) is 23.5 Å². The molecule has 1 aromatic heterocycles. The van der Waals surface area contributed by atoms with E-state index in [1.165, 1.54) is 28.7 Å². The van der Waals surface area contributed by atoms with Gasteiger partial charge < -0.3 is 11.1 Å². The first kappa shape index (κ1) is 17.2. The second kappa shape index (κ2) is 9.11. The molecule has 0 radical (unpaired) electrons. The smallest absolute Gasteiger partial charge is 0.318 e. The molecule has 2 rings (SSSR count). The highest BCUT2D eigenvalue weighted by atomic mass is 32.2. The highest BCUT2D eigenvalue weighted by Crippen LogP contribution is 2.25. The molecule has 0 aliphatic heterocycles. The van der Waals surface area contributed by atoms with Crippen molar-refractivity contribution in [2.75, 3.05) is 17.6 Å². The van der Waals surface area contributed by atoms with Gasteiger partial charge in [-0.3, -0.25) is 10.1 Å². The number of benzene rings is 1. The van der Waals surface area contributed by atoms with Crippen molar-refractivity contribution in [2.24, 2.45) is 5.73 Å². The highest BCUT2D eigenvalue weighted by Gasteiger charge is 2.07. The van der Waals surface area contributed by atoms with E-state index in [9.17, 15) is 9.59 Å². The van der Waals surface area contributed by atoms with Gasteiger partial charge in [0.05, 0.1) is 0 Å². The molecular formula is C14H17N5O2S2. The number of hydrogen-bond acceptors (Lipinski definition) is 7. The number of primary amides is 1. The average Bonchev–Trinajstić information content (AvgIpc) is 2.95. The third-order valence-electron chi connectivity index (χ3n) is 2.76. The molecule has 0 aliphatic carbocycles. The summed E-state index contributed by atoms with van der Waals surface area (Å²) >= 11 is 2.86. The summed E-state index contributed by atoms with van der Waals surface area (Å²) in [6, 6.07) is 9.36. The van der Waals surface area contributed by atoms with Crippen LogP contribution >= 0.6 is 23.1 Å². The Morgan fingerprint density at radius 1 is 1.22 bits per heavy atom. The number of anilines is 1. The Hall–Kier alpha value is -2.13. The molecular weight excluding hydrogens is 334 g/mol. The standard InChI is InChI=1S/C14H17N5O2S2/c15-12(21)17-11(20)7-9-22-14-19-18-13(23-14)16-8-6-10-4-2-1-3-5-10/h1-5H,6-9H2,(H,16,18)(H3,15,17,20,21). The zero-order valence-corrected chi connectivity index (χ0v) is 14.0. The molecule has 4 N–H and O–H groups in total. The number of nitrogens with one attached hydrogen (secondary N) is 2. The molecule has 0 atom stereocenters. The Labute approximate surface area is 142 Å². The molecule has 23 heavy (non-hydrogen) atoms. The largest absolute Gasteiger partial charge is 0.360 e. The number of carbonyl (C=O) groups excluding carboxylic acids is 2. The zero-order chi connectivity index (χ0) is 16.5. The van der Waals surface area contributed by atoms with E-state index < -0.39 is 11.9 Å². The van der Waals surface area contributed by atoms with Crippen molar-refractivity contribution in [1.29, 1.82) is 0 Å². The Kier molecular flexibility index (Phi) is 6.82. The van der Waals surface area contributed by atoms with Crippen LogP contribution in [0.2, 0.25) is 0 Å². The summed E-state index contributed by atoms with van der Waals surface area (Å²) < 4.78 is 0.777. The van der Waals surface area contributed by atoms with Crippen molar-refractivity contribution in [3.63, 3.8) is 0 Å². The van der Waals surface area contributed by atoms with Gasteiger partial charge in [-0.15, -0.1) is 10.2 Å². The van der Waals surface area contributed by atoms with Gasteiger partial charge in [0.25, 0.3) is 0 Å². The van der Waals surface area contributed by atoms with Crippen LogP contribution in [-0.4, -0.2) is 34.4 Å². The predicted molar refractivity (Wildman–Crippen MR) is 91.6 cm³/mol. The molecule has 0 saturated carbocycles. The summed E-state index contributed by atoms with van der Waals surface area (Å²) in [6.45, 7) is 0.782. The van der Waals surface area contributed by atoms with Crippen LogP contribution in [0, 0.1) is 0 Å². The van der Waals surface area contributed by atoms with E-state index in [2.05, 4.69) is 27.6 Å². The minimum atomic E-state index is -0.833. The number of imide groups is 1. The maximum atomic E-state index is 11.3. The van der Waals surface area contributed by atoms with Crippen LogP contribution in [0.3, 0.4) is 0 Å². The van der Waals surface area contributed by atoms with Crippen LogP contribution in [0.5, 0.6) is 0 Å². The van der Waals surface area contributed by atoms with Gasteiger partial charge in [0.1, 0.15) is 0 Å². The number of thioether (sulfide) groups is 1. The van der Waals surface area contributed by atoms with Gasteiger partial charge in [0.15, 0.2) is 4.34 Å². The number of aromatic nitrogens is 2. The fraction of sp³-hybridized carbons (Fsp3) is 0.286. The summed E-state index contributed by atoms with van der Waals surface area (Å²) in [4.78, 5) is 21.8. The predicted octanol–water partition coefficient (Wildman–Crippen LogP) is 1.87. The van der Waals surface area contributed by atoms with Crippen molar-refractivity contribution in [3.8, 4) is 0 Å². The number of amides is 3. The molecule has 7 nitrogen and oxygen atoms in total. The van der Waals surface area contributed by atoms with Crippen molar-refractivity contribution < 1.29 is 9.59 Å². The molecule has 0 fully saturated rings. The molecule has 0 spiro atoms. The summed E-state index contributed by atoms with van der Waals surface area (Å²) in [5.74, 6) is 0.119. The molecule has 0 unspecified atom stereocenters. The lowest BCUT2D eigenvalue weighted by molar-refractivity contribution is -0.119. The minimum absolute atomic E-state index is 0.198. The monoisotopic (exact) mass is 351 g/mol. The molecule has 122 valence electrons. The molecule has 1 aromatic carbocycles. The lowest BCUT2D eigenvalue weighted by atomic mass is 10.2. The lowest BCUT2D eigenvalue weighted by Gasteiger charge is -2.01. The van der Waals surface area contributed by atoms with Crippen LogP contribution in [0.1, 0.15) is 12.0 Å². The fourth-order valence-corrected chi connectivity index (χ4v) is 3.52. The topological polar surface area (TPSA) is 110 Å². The first-order valence-corrected chi connectivity index (χ1v) is 8.77. The first-order chi connectivity index (χ1) is 11.1. The van der Waals surface area contributed by atoms with E-state index in [1.54, 1.807) is 0 Å². The van der Waals surface area contributed by atoms with Crippen molar-refractivity contribution >= 4 is 40.2 Å². The van der Waals surface area contributed by atoms with Gasteiger partial charge in [-0.1, -0.05) is 53.4 Å². The van der Waals surface area contributed by atoms with Crippen LogP contribution < -0.4 is 16.4 Å². The zero-order valence-electron chi connectivity index (χ0n) is 12.3. The molecule has 1 heterocycles. The average molecular weight is 351 g/mol. The van der Waals surface area contributed by atoms with E-state index in [0.29, 0.717) is 5.75 Å². The van der Waals surface area contributed by atoms with E-state index in [0.717, 1.165) is 22.4 Å². The summed E-state index contributed by atoms with van der Waals surface area (Å²) in [5, 5.41) is 14.1. The summed E-state index contributed by atoms with van der Waals surface area (Å²) in [6.07, 6.45) is 1.11. The minimum Gasteiger partial charge on any atom is -0.360 e. The normalized spacial score (nSPS) is 10.3. The van der Waals surface area contributed by atoms with Gasteiger partial charge in [-0.2, -0.15) is 0 Å². The first-order valence-electron chi connectivity index (χ1n) is 6.97. The van der Waals surface area contributed by atoms with Gasteiger partial charge in [0, 0.05) is 18.7 Å². The number of nitrogens with zero attached hydrogens (tertiary/aromatic N) is 2. The Morgan fingerprint density at radius 2 is 2.00 bits per heavy atom. The Morgan fingerprint density at radius 3 is 2.74 bits per heavy atom. The van der Waals surface area contributed by atoms with Crippen LogP contribution in [-0.2, 0) is 11.2 Å². The molecule has 0 aliphatic rings. The SMILES string of the molecule is NC(=O)NC(=O)CCSc1nnc(NCCc2ccccc2)s1. The number of urea groups is 1. The fourth-order valence-electron chi connectivity index (χ4n) is 1.73. The number of hydrogen-bond donors (Lipinski definition) is 3. The van der Waals surface area contributed by atoms with Gasteiger partial charge in [0.2, 0.25) is 11.0 Å². The highest BCUT2D eigenvalue weighted by molar-refractivity contribution is 8.01. The molecule has 0 saturated heterocycles. The van der Waals surface area contributed by atoms with Gasteiger partial charge in [-0.05, 0) is 12.0 Å². The molecule has 0 bridgehead atoms. The van der Waals surface area contributed by atoms with Crippen molar-refractivity contribution in [2.45, 2.75) is 17.2 Å². The molecule has 9 heteroatoms. The molecule has 2 aromatic rings.